The van der Waals surface area contributed by atoms with Gasteiger partial charge in [0.1, 0.15) is 0 Å². The molecule has 47 valence electrons. The molecule has 0 aromatic rings. The van der Waals surface area contributed by atoms with Crippen molar-refractivity contribution in [2.75, 3.05) is 0 Å². The van der Waals surface area contributed by atoms with Crippen LogP contribution in [-0.4, -0.2) is 0 Å². The Morgan fingerprint density at radius 2 is 1.00 bits per heavy atom. The van der Waals surface area contributed by atoms with Crippen LogP contribution in [0.1, 0.15) is 0 Å². The molecule has 0 unspecified atom stereocenters. The van der Waals surface area contributed by atoms with Crippen LogP contribution in [0.3, 0.4) is 0 Å². The van der Waals surface area contributed by atoms with Crippen LogP contribution in [0.4, 0.5) is 0 Å². The molecule has 0 amide bonds. The van der Waals surface area contributed by atoms with E-state index in [0.29, 0.717) is 0 Å². The summed E-state index contributed by atoms with van der Waals surface area (Å²) in [6.45, 7) is 0. The molecule has 0 bridgehead atoms. The summed E-state index contributed by atoms with van der Waals surface area (Å²) in [4.78, 5) is 0. The summed E-state index contributed by atoms with van der Waals surface area (Å²) in [5.74, 6) is 0. The van der Waals surface area contributed by atoms with Gasteiger partial charge in [0.05, 0.1) is 0 Å². The van der Waals surface area contributed by atoms with Crippen molar-refractivity contribution in [2.45, 2.75) is 0 Å². The predicted molar refractivity (Wildman–Crippen MR) is 0 cm³/mol. The van der Waals surface area contributed by atoms with Crippen molar-refractivity contribution in [3.63, 3.8) is 0 Å². The van der Waals surface area contributed by atoms with Crippen molar-refractivity contribution in [2.24, 2.45) is 0 Å². The SMILES string of the molecule is [Co].[Fe].[Ni].[Pd].[Pt]. The molecule has 0 atom stereocenters. The van der Waals surface area contributed by atoms with Crippen LogP contribution in [0, 0.1) is 0 Å². The van der Waals surface area contributed by atoms with Gasteiger partial charge < -0.3 is 0 Å². The van der Waals surface area contributed by atoms with Gasteiger partial charge in [-0.3, -0.25) is 0 Å². The summed E-state index contributed by atoms with van der Waals surface area (Å²) in [6.07, 6.45) is 0. The first-order valence-corrected chi connectivity index (χ1v) is 0. The number of hydrogen-bond donors (Lipinski definition) is 0. The average Bonchev–Trinajstić information content (AvgIpc) is 0. The van der Waals surface area contributed by atoms with Gasteiger partial charge >= 0.3 is 0 Å². The van der Waals surface area contributed by atoms with Crippen molar-refractivity contribution in [3.05, 3.63) is 0 Å². The van der Waals surface area contributed by atoms with Crippen molar-refractivity contribution < 1.29 is 91.8 Å². The summed E-state index contributed by atoms with van der Waals surface area (Å²) in [6, 6.07) is 0. The molecule has 0 fully saturated rings. The van der Waals surface area contributed by atoms with E-state index in [4.69, 9.17) is 0 Å². The van der Waals surface area contributed by atoms with E-state index in [1.165, 1.54) is 0 Å². The molecular formula is CoFeNiPdPt. The number of hydrogen-bond acceptors (Lipinski definition) is 0. The Morgan fingerprint density at radius 3 is 1.00 bits per heavy atom. The van der Waals surface area contributed by atoms with E-state index < -0.39 is 0 Å². The van der Waals surface area contributed by atoms with Gasteiger partial charge in [0, 0.05) is 91.8 Å². The molecule has 5 heteroatoms. The molecule has 0 saturated heterocycles. The van der Waals surface area contributed by atoms with E-state index in [1.807, 2.05) is 0 Å². The van der Waals surface area contributed by atoms with Crippen LogP contribution in [-0.2, 0) is 91.8 Å². The van der Waals surface area contributed by atoms with Crippen LogP contribution in [0.2, 0.25) is 0 Å². The first-order valence-electron chi connectivity index (χ1n) is 0. The van der Waals surface area contributed by atoms with E-state index >= 15 is 0 Å². The topological polar surface area (TPSA) is 0 Å². The first kappa shape index (κ1) is 45.1. The molecule has 0 heterocycles. The molecule has 0 aliphatic heterocycles. The summed E-state index contributed by atoms with van der Waals surface area (Å²) in [5.41, 5.74) is 0. The van der Waals surface area contributed by atoms with Crippen LogP contribution in [0.5, 0.6) is 0 Å². The van der Waals surface area contributed by atoms with Gasteiger partial charge in [0.15, 0.2) is 0 Å². The standard InChI is InChI=1S/Co.Fe.Ni.Pd.Pt. The fourth-order valence-electron chi connectivity index (χ4n) is 0. The minimum atomic E-state index is 0. The van der Waals surface area contributed by atoms with Crippen molar-refractivity contribution in [3.8, 4) is 0 Å². The summed E-state index contributed by atoms with van der Waals surface area (Å²) in [5, 5.41) is 0. The fraction of sp³-hybridized carbons (Fsp3) is 0. The minimum Gasteiger partial charge on any atom is 0 e. The second kappa shape index (κ2) is 28.7. The van der Waals surface area contributed by atoms with Gasteiger partial charge in [0.2, 0.25) is 0 Å². The van der Waals surface area contributed by atoms with Gasteiger partial charge in [-0.1, -0.05) is 0 Å². The van der Waals surface area contributed by atoms with Crippen LogP contribution < -0.4 is 0 Å². The van der Waals surface area contributed by atoms with E-state index in [0.717, 1.165) is 0 Å². The van der Waals surface area contributed by atoms with E-state index in [2.05, 4.69) is 0 Å². The molecule has 0 aliphatic carbocycles. The third kappa shape index (κ3) is 19.8. The fourth-order valence-corrected chi connectivity index (χ4v) is 0. The normalized spacial score (nSPS) is 0. The van der Waals surface area contributed by atoms with E-state index in [9.17, 15) is 0 Å². The zero-order valence-corrected chi connectivity index (χ0v) is 8.60. The monoisotopic (exact) mass is 474 g/mol. The summed E-state index contributed by atoms with van der Waals surface area (Å²) < 4.78 is 0. The molecule has 5 heavy (non-hydrogen) atoms. The minimum absolute atomic E-state index is 0. The maximum Gasteiger partial charge on any atom is 0 e. The Hall–Kier alpha value is 2.87. The zero-order chi connectivity index (χ0) is 0. The maximum absolute atomic E-state index is 0. The van der Waals surface area contributed by atoms with Crippen LogP contribution in [0.15, 0.2) is 0 Å². The maximum atomic E-state index is 0. The average molecular weight is 475 g/mol. The van der Waals surface area contributed by atoms with Crippen molar-refractivity contribution in [1.29, 1.82) is 0 Å². The molecule has 0 rings (SSSR count). The van der Waals surface area contributed by atoms with Crippen LogP contribution in [0.25, 0.3) is 0 Å². The van der Waals surface area contributed by atoms with Gasteiger partial charge in [-0.15, -0.1) is 0 Å². The predicted octanol–water partition coefficient (Wildman–Crippen LogP) is -0.0125. The second-order valence-electron chi connectivity index (χ2n) is 0. The summed E-state index contributed by atoms with van der Waals surface area (Å²) >= 11 is 0. The molecule has 0 saturated carbocycles. The second-order valence-corrected chi connectivity index (χ2v) is 0. The van der Waals surface area contributed by atoms with E-state index in [-0.39, 0.29) is 91.8 Å². The first-order chi connectivity index (χ1) is 0. The molecule has 0 aromatic carbocycles. The molecule has 0 spiro atoms. The molecule has 0 N–H and O–H groups in total. The third-order valence-corrected chi connectivity index (χ3v) is 0. The Kier molecular flexibility index (Phi) is 259. The van der Waals surface area contributed by atoms with Gasteiger partial charge in [-0.25, -0.2) is 0 Å². The van der Waals surface area contributed by atoms with Crippen molar-refractivity contribution >= 4 is 0 Å². The van der Waals surface area contributed by atoms with Crippen molar-refractivity contribution in [1.82, 2.24) is 0 Å². The zero-order valence-electron chi connectivity index (χ0n) is 1.64. The molecule has 0 nitrogen and oxygen atoms in total. The van der Waals surface area contributed by atoms with E-state index in [1.54, 1.807) is 0 Å². The Bertz CT molecular complexity index is 11.6. The van der Waals surface area contributed by atoms with Gasteiger partial charge in [-0.05, 0) is 0 Å². The molecule has 1 radical (unpaired) electrons. The number of rotatable bonds is 0. The summed E-state index contributed by atoms with van der Waals surface area (Å²) in [7, 11) is 0. The largest absolute Gasteiger partial charge is 0 e. The smallest absolute Gasteiger partial charge is 0 e. The molecular weight excluding hydrogens is 475 g/mol. The third-order valence-electron chi connectivity index (χ3n) is 0. The van der Waals surface area contributed by atoms with Gasteiger partial charge in [0.25, 0.3) is 0 Å². The molecule has 0 aliphatic rings. The Morgan fingerprint density at radius 1 is 1.00 bits per heavy atom. The van der Waals surface area contributed by atoms with Gasteiger partial charge in [-0.2, -0.15) is 0 Å². The molecule has 0 aromatic heterocycles. The Labute approximate surface area is 90.5 Å². The quantitative estimate of drug-likeness (QED) is 0.433. The van der Waals surface area contributed by atoms with Crippen LogP contribution >= 0.6 is 0 Å². The Balaban J connectivity index is 0.